The Balaban J connectivity index is 1.76. The van der Waals surface area contributed by atoms with Crippen molar-refractivity contribution in [1.82, 2.24) is 9.97 Å². The first-order valence-corrected chi connectivity index (χ1v) is 9.30. The molecule has 136 valence electrons. The second-order valence-corrected chi connectivity index (χ2v) is 7.09. The number of rotatable bonds is 5. The third-order valence-corrected chi connectivity index (χ3v) is 5.03. The Morgan fingerprint density at radius 3 is 2.74 bits per heavy atom. The SMILES string of the molecule is CCOc1ccc2nc(C)cc(Nc3nc4ccc(C(=O)O)cc4s3)c2c1. The number of carboxylic acids is 1. The van der Waals surface area contributed by atoms with Crippen LogP contribution in [-0.4, -0.2) is 27.7 Å². The summed E-state index contributed by atoms with van der Waals surface area (Å²) in [5.74, 6) is -0.159. The highest BCUT2D eigenvalue weighted by Gasteiger charge is 2.11. The number of fused-ring (bicyclic) bond motifs is 2. The molecule has 0 saturated carbocycles. The largest absolute Gasteiger partial charge is 0.494 e. The second-order valence-electron chi connectivity index (χ2n) is 6.05. The van der Waals surface area contributed by atoms with Gasteiger partial charge in [-0.3, -0.25) is 4.98 Å². The average molecular weight is 379 g/mol. The van der Waals surface area contributed by atoms with Crippen LogP contribution in [0.2, 0.25) is 0 Å². The number of benzene rings is 2. The van der Waals surface area contributed by atoms with Gasteiger partial charge >= 0.3 is 5.97 Å². The molecule has 0 saturated heterocycles. The molecule has 2 N–H and O–H groups in total. The van der Waals surface area contributed by atoms with Crippen LogP contribution in [0.4, 0.5) is 10.8 Å². The maximum Gasteiger partial charge on any atom is 0.335 e. The lowest BCUT2D eigenvalue weighted by Crippen LogP contribution is -1.96. The van der Waals surface area contributed by atoms with Gasteiger partial charge in [-0.1, -0.05) is 11.3 Å². The standard InChI is InChI=1S/C20H17N3O3S/c1-3-26-13-5-7-15-14(10-13)17(8-11(2)21-15)23-20-22-16-6-4-12(19(24)25)9-18(16)27-20/h4-10H,3H2,1-2H3,(H,24,25)(H,21,22,23). The third-order valence-electron chi connectivity index (χ3n) is 4.10. The molecule has 27 heavy (non-hydrogen) atoms. The molecule has 6 nitrogen and oxygen atoms in total. The zero-order chi connectivity index (χ0) is 19.0. The van der Waals surface area contributed by atoms with Gasteiger partial charge in [0.25, 0.3) is 0 Å². The molecular weight excluding hydrogens is 362 g/mol. The van der Waals surface area contributed by atoms with Gasteiger partial charge in [-0.2, -0.15) is 0 Å². The Kier molecular flexibility index (Phi) is 4.37. The van der Waals surface area contributed by atoms with Gasteiger partial charge in [-0.15, -0.1) is 0 Å². The lowest BCUT2D eigenvalue weighted by Gasteiger charge is -2.10. The van der Waals surface area contributed by atoms with Gasteiger partial charge in [0.2, 0.25) is 0 Å². The average Bonchev–Trinajstić information content (AvgIpc) is 3.03. The Labute approximate surface area is 159 Å². The van der Waals surface area contributed by atoms with Gasteiger partial charge in [0, 0.05) is 11.1 Å². The van der Waals surface area contributed by atoms with Crippen molar-refractivity contribution in [3.8, 4) is 5.75 Å². The first kappa shape index (κ1) is 17.2. The summed E-state index contributed by atoms with van der Waals surface area (Å²) in [7, 11) is 0. The maximum atomic E-state index is 11.2. The zero-order valence-electron chi connectivity index (χ0n) is 14.8. The smallest absolute Gasteiger partial charge is 0.335 e. The van der Waals surface area contributed by atoms with Gasteiger partial charge in [-0.05, 0) is 56.3 Å². The predicted molar refractivity (Wildman–Crippen MR) is 108 cm³/mol. The Morgan fingerprint density at radius 1 is 1.15 bits per heavy atom. The lowest BCUT2D eigenvalue weighted by molar-refractivity contribution is 0.0697. The summed E-state index contributed by atoms with van der Waals surface area (Å²) in [6.07, 6.45) is 0. The highest BCUT2D eigenvalue weighted by Crippen LogP contribution is 2.33. The number of carbonyl (C=O) groups is 1. The van der Waals surface area contributed by atoms with E-state index >= 15 is 0 Å². The first-order chi connectivity index (χ1) is 13.0. The van der Waals surface area contributed by atoms with E-state index in [1.807, 2.05) is 38.1 Å². The van der Waals surface area contributed by atoms with Crippen LogP contribution in [0.1, 0.15) is 23.0 Å². The zero-order valence-corrected chi connectivity index (χ0v) is 15.6. The van der Waals surface area contributed by atoms with Crippen molar-refractivity contribution in [2.24, 2.45) is 0 Å². The number of carboxylic acid groups (broad SMARTS) is 1. The van der Waals surface area contributed by atoms with Crippen LogP contribution in [0, 0.1) is 6.92 Å². The molecule has 0 fully saturated rings. The summed E-state index contributed by atoms with van der Waals surface area (Å²) in [6, 6.07) is 12.7. The van der Waals surface area contributed by atoms with Crippen LogP contribution < -0.4 is 10.1 Å². The fraction of sp³-hybridized carbons (Fsp3) is 0.150. The van der Waals surface area contributed by atoms with Crippen molar-refractivity contribution in [2.45, 2.75) is 13.8 Å². The number of aromatic nitrogens is 2. The van der Waals surface area contributed by atoms with Crippen molar-refractivity contribution >= 4 is 49.2 Å². The Hall–Kier alpha value is -3.19. The molecule has 0 aliphatic carbocycles. The van der Waals surface area contributed by atoms with Crippen LogP contribution in [0.15, 0.2) is 42.5 Å². The summed E-state index contributed by atoms with van der Waals surface area (Å²) in [6.45, 7) is 4.49. The molecule has 2 heterocycles. The number of thiazole rings is 1. The number of ether oxygens (including phenoxy) is 1. The van der Waals surface area contributed by atoms with E-state index in [2.05, 4.69) is 15.3 Å². The molecule has 2 aromatic carbocycles. The minimum absolute atomic E-state index is 0.254. The summed E-state index contributed by atoms with van der Waals surface area (Å²) in [5.41, 5.74) is 3.66. The molecular formula is C20H17N3O3S. The number of nitrogens with zero attached hydrogens (tertiary/aromatic N) is 2. The van der Waals surface area contributed by atoms with Crippen molar-refractivity contribution in [3.63, 3.8) is 0 Å². The highest BCUT2D eigenvalue weighted by atomic mass is 32.1. The van der Waals surface area contributed by atoms with E-state index in [1.54, 1.807) is 18.2 Å². The molecule has 0 amide bonds. The van der Waals surface area contributed by atoms with Crippen molar-refractivity contribution in [2.75, 3.05) is 11.9 Å². The second kappa shape index (κ2) is 6.85. The van der Waals surface area contributed by atoms with E-state index in [4.69, 9.17) is 9.84 Å². The number of hydrogen-bond acceptors (Lipinski definition) is 6. The molecule has 2 aromatic heterocycles. The molecule has 4 rings (SSSR count). The van der Waals surface area contributed by atoms with Gasteiger partial charge < -0.3 is 15.2 Å². The number of anilines is 2. The number of aromatic carboxylic acids is 1. The molecule has 7 heteroatoms. The fourth-order valence-corrected chi connectivity index (χ4v) is 3.84. The highest BCUT2D eigenvalue weighted by molar-refractivity contribution is 7.22. The fourth-order valence-electron chi connectivity index (χ4n) is 2.92. The number of hydrogen-bond donors (Lipinski definition) is 2. The van der Waals surface area contributed by atoms with Crippen LogP contribution in [-0.2, 0) is 0 Å². The van der Waals surface area contributed by atoms with Crippen LogP contribution >= 0.6 is 11.3 Å². The van der Waals surface area contributed by atoms with E-state index < -0.39 is 5.97 Å². The van der Waals surface area contributed by atoms with Gasteiger partial charge in [0.1, 0.15) is 5.75 Å². The topological polar surface area (TPSA) is 84.3 Å². The van der Waals surface area contributed by atoms with E-state index in [9.17, 15) is 4.79 Å². The summed E-state index contributed by atoms with van der Waals surface area (Å²) in [5, 5.41) is 14.2. The Morgan fingerprint density at radius 2 is 1.96 bits per heavy atom. The van der Waals surface area contributed by atoms with Crippen molar-refractivity contribution in [1.29, 1.82) is 0 Å². The van der Waals surface area contributed by atoms with E-state index in [-0.39, 0.29) is 5.56 Å². The molecule has 0 aliphatic rings. The van der Waals surface area contributed by atoms with Gasteiger partial charge in [0.15, 0.2) is 5.13 Å². The van der Waals surface area contributed by atoms with Crippen molar-refractivity contribution < 1.29 is 14.6 Å². The quantitative estimate of drug-likeness (QED) is 0.508. The summed E-state index contributed by atoms with van der Waals surface area (Å²) in [4.78, 5) is 20.3. The molecule has 4 aromatic rings. The number of aryl methyl sites for hydroxylation is 1. The number of nitrogens with one attached hydrogen (secondary N) is 1. The molecule has 0 atom stereocenters. The van der Waals surface area contributed by atoms with E-state index in [1.165, 1.54) is 11.3 Å². The molecule has 0 spiro atoms. The molecule has 0 aliphatic heterocycles. The summed E-state index contributed by atoms with van der Waals surface area (Å²) >= 11 is 1.42. The molecule has 0 radical (unpaired) electrons. The lowest BCUT2D eigenvalue weighted by atomic mass is 10.1. The maximum absolute atomic E-state index is 11.2. The minimum Gasteiger partial charge on any atom is -0.494 e. The van der Waals surface area contributed by atoms with Crippen LogP contribution in [0.25, 0.3) is 21.1 Å². The first-order valence-electron chi connectivity index (χ1n) is 8.48. The van der Waals surface area contributed by atoms with Crippen LogP contribution in [0.5, 0.6) is 5.75 Å². The third kappa shape index (κ3) is 3.41. The van der Waals surface area contributed by atoms with Gasteiger partial charge in [0.05, 0.1) is 33.6 Å². The normalized spacial score (nSPS) is 11.0. The van der Waals surface area contributed by atoms with Gasteiger partial charge in [-0.25, -0.2) is 9.78 Å². The van der Waals surface area contributed by atoms with Crippen molar-refractivity contribution in [3.05, 3.63) is 53.7 Å². The predicted octanol–water partition coefficient (Wildman–Crippen LogP) is 4.99. The Bertz CT molecular complexity index is 1170. The molecule has 0 bridgehead atoms. The van der Waals surface area contributed by atoms with E-state index in [0.717, 1.165) is 38.3 Å². The monoisotopic (exact) mass is 379 g/mol. The van der Waals surface area contributed by atoms with E-state index in [0.29, 0.717) is 11.7 Å². The molecule has 0 unspecified atom stereocenters. The number of pyridine rings is 1. The van der Waals surface area contributed by atoms with Crippen LogP contribution in [0.3, 0.4) is 0 Å². The minimum atomic E-state index is -0.945. The summed E-state index contributed by atoms with van der Waals surface area (Å²) < 4.78 is 6.43.